The Balaban J connectivity index is 0.00000176. The largest absolute Gasteiger partial charge is 0.362 e. The third kappa shape index (κ3) is 2.96. The zero-order chi connectivity index (χ0) is 14.7. The summed E-state index contributed by atoms with van der Waals surface area (Å²) in [7, 11) is 0. The zero-order valence-corrected chi connectivity index (χ0v) is 11.9. The first-order valence-corrected chi connectivity index (χ1v) is 7.23. The monoisotopic (exact) mass is 306 g/mol. The van der Waals surface area contributed by atoms with E-state index in [1.165, 1.54) is 23.7 Å². The summed E-state index contributed by atoms with van der Waals surface area (Å²) in [6.45, 7) is 0.775. The quantitative estimate of drug-likeness (QED) is 0.749. The standard InChI is InChI=1S/C13H13FN6S.H2/c14-8-2-1-5-16-9(8)6-17-12-11-13(19-7-18-12)21-10(20-11)3-4-15;/h1-2,5,7H,3-4,6,15H2,(H,17,18,19);1H. The fourth-order valence-electron chi connectivity index (χ4n) is 1.87. The first-order valence-electron chi connectivity index (χ1n) is 6.41. The maximum Gasteiger partial charge on any atom is 0.157 e. The summed E-state index contributed by atoms with van der Waals surface area (Å²) in [6, 6.07) is 2.93. The molecule has 0 fully saturated rings. The highest BCUT2D eigenvalue weighted by molar-refractivity contribution is 7.18. The van der Waals surface area contributed by atoms with Crippen LogP contribution in [0.2, 0.25) is 0 Å². The van der Waals surface area contributed by atoms with E-state index in [1.54, 1.807) is 12.3 Å². The van der Waals surface area contributed by atoms with E-state index in [4.69, 9.17) is 5.73 Å². The van der Waals surface area contributed by atoms with Crippen molar-refractivity contribution in [3.63, 3.8) is 0 Å². The number of nitrogens with two attached hydrogens (primary N) is 1. The van der Waals surface area contributed by atoms with Crippen LogP contribution >= 0.6 is 11.3 Å². The number of nitrogens with one attached hydrogen (secondary N) is 1. The molecule has 3 N–H and O–H groups in total. The van der Waals surface area contributed by atoms with Crippen molar-refractivity contribution in [2.75, 3.05) is 11.9 Å². The maximum absolute atomic E-state index is 13.5. The summed E-state index contributed by atoms with van der Waals surface area (Å²) in [5.41, 5.74) is 6.55. The molecule has 0 saturated heterocycles. The lowest BCUT2D eigenvalue weighted by Crippen LogP contribution is -2.06. The molecule has 6 nitrogen and oxygen atoms in total. The molecule has 0 aromatic carbocycles. The minimum Gasteiger partial charge on any atom is -0.362 e. The van der Waals surface area contributed by atoms with Crippen LogP contribution in [0.1, 0.15) is 12.1 Å². The lowest BCUT2D eigenvalue weighted by molar-refractivity contribution is 0.602. The molecule has 21 heavy (non-hydrogen) atoms. The molecule has 0 radical (unpaired) electrons. The molecule has 3 aromatic heterocycles. The predicted molar refractivity (Wildman–Crippen MR) is 81.6 cm³/mol. The minimum absolute atomic E-state index is 0. The van der Waals surface area contributed by atoms with Gasteiger partial charge in [-0.2, -0.15) is 0 Å². The van der Waals surface area contributed by atoms with Gasteiger partial charge in [-0.25, -0.2) is 19.3 Å². The minimum atomic E-state index is -0.350. The molecule has 0 unspecified atom stereocenters. The Morgan fingerprint density at radius 3 is 3.05 bits per heavy atom. The lowest BCUT2D eigenvalue weighted by atomic mass is 10.3. The summed E-state index contributed by atoms with van der Waals surface area (Å²) in [4.78, 5) is 17.6. The average Bonchev–Trinajstić information content (AvgIpc) is 2.90. The SMILES string of the molecule is NCCc1nc2c(NCc3ncccc3F)ncnc2s1.[HH]. The molecule has 3 heterocycles. The first kappa shape index (κ1) is 13.8. The van der Waals surface area contributed by atoms with Gasteiger partial charge in [0.25, 0.3) is 0 Å². The van der Waals surface area contributed by atoms with Gasteiger partial charge in [0.1, 0.15) is 22.5 Å². The Labute approximate surface area is 125 Å². The van der Waals surface area contributed by atoms with E-state index < -0.39 is 0 Å². The number of thiazole rings is 1. The van der Waals surface area contributed by atoms with Crippen molar-refractivity contribution in [3.8, 4) is 0 Å². The number of nitrogens with zero attached hydrogens (tertiary/aromatic N) is 4. The van der Waals surface area contributed by atoms with Crippen molar-refractivity contribution in [2.24, 2.45) is 5.73 Å². The normalized spacial score (nSPS) is 11.0. The van der Waals surface area contributed by atoms with Crippen LogP contribution in [-0.4, -0.2) is 26.5 Å². The summed E-state index contributed by atoms with van der Waals surface area (Å²) >= 11 is 1.49. The molecule has 0 aliphatic heterocycles. The molecule has 0 aliphatic carbocycles. The van der Waals surface area contributed by atoms with Crippen LogP contribution < -0.4 is 11.1 Å². The van der Waals surface area contributed by atoms with E-state index >= 15 is 0 Å². The molecule has 0 bridgehead atoms. The van der Waals surface area contributed by atoms with Crippen LogP contribution in [0.5, 0.6) is 0 Å². The Morgan fingerprint density at radius 2 is 2.24 bits per heavy atom. The average molecular weight is 306 g/mol. The molecule has 0 saturated carbocycles. The molecule has 0 spiro atoms. The number of halogens is 1. The Morgan fingerprint density at radius 1 is 1.33 bits per heavy atom. The molecule has 3 rings (SSSR count). The topological polar surface area (TPSA) is 89.6 Å². The molecule has 110 valence electrons. The zero-order valence-electron chi connectivity index (χ0n) is 11.1. The van der Waals surface area contributed by atoms with Crippen LogP contribution in [0.3, 0.4) is 0 Å². The van der Waals surface area contributed by atoms with Gasteiger partial charge in [-0.3, -0.25) is 4.98 Å². The van der Waals surface area contributed by atoms with Crippen LogP contribution in [0.15, 0.2) is 24.7 Å². The molecular formula is C13H15FN6S. The van der Waals surface area contributed by atoms with Crippen LogP contribution in [0.4, 0.5) is 10.2 Å². The highest BCUT2D eigenvalue weighted by Gasteiger charge is 2.11. The Kier molecular flexibility index (Phi) is 3.98. The number of fused-ring (bicyclic) bond motifs is 1. The van der Waals surface area contributed by atoms with Crippen molar-refractivity contribution in [1.82, 2.24) is 19.9 Å². The maximum atomic E-state index is 13.5. The van der Waals surface area contributed by atoms with Crippen LogP contribution in [-0.2, 0) is 13.0 Å². The van der Waals surface area contributed by atoms with Crippen LogP contribution in [0.25, 0.3) is 10.3 Å². The summed E-state index contributed by atoms with van der Waals surface area (Å²) in [5.74, 6) is 0.224. The first-order chi connectivity index (χ1) is 10.3. The summed E-state index contributed by atoms with van der Waals surface area (Å²) in [5, 5.41) is 3.98. The van der Waals surface area contributed by atoms with E-state index in [2.05, 4.69) is 25.3 Å². The van der Waals surface area contributed by atoms with Crippen LogP contribution in [0, 0.1) is 5.82 Å². The van der Waals surface area contributed by atoms with E-state index in [0.717, 1.165) is 9.84 Å². The second-order valence-corrected chi connectivity index (χ2v) is 5.37. The molecule has 0 atom stereocenters. The summed E-state index contributed by atoms with van der Waals surface area (Å²) in [6.07, 6.45) is 3.72. The van der Waals surface area contributed by atoms with Gasteiger partial charge in [-0.15, -0.1) is 0 Å². The fourth-order valence-corrected chi connectivity index (χ4v) is 2.79. The van der Waals surface area contributed by atoms with Crippen molar-refractivity contribution >= 4 is 27.5 Å². The Bertz CT molecular complexity index is 765. The second-order valence-electron chi connectivity index (χ2n) is 4.31. The Hall–Kier alpha value is -2.19. The number of anilines is 1. The van der Waals surface area contributed by atoms with Crippen molar-refractivity contribution in [2.45, 2.75) is 13.0 Å². The molecular weight excluding hydrogens is 291 g/mol. The number of aromatic nitrogens is 4. The van der Waals surface area contributed by atoms with Gasteiger partial charge < -0.3 is 11.1 Å². The summed E-state index contributed by atoms with van der Waals surface area (Å²) < 4.78 is 13.5. The van der Waals surface area contributed by atoms with Gasteiger partial charge in [-0.1, -0.05) is 11.3 Å². The van der Waals surface area contributed by atoms with E-state index in [9.17, 15) is 4.39 Å². The molecule has 0 amide bonds. The fraction of sp³-hybridized carbons (Fsp3) is 0.231. The van der Waals surface area contributed by atoms with Crippen molar-refractivity contribution in [3.05, 3.63) is 41.2 Å². The number of hydrogen-bond acceptors (Lipinski definition) is 7. The lowest BCUT2D eigenvalue weighted by Gasteiger charge is -2.05. The predicted octanol–water partition coefficient (Wildman–Crippen LogP) is 1.98. The van der Waals surface area contributed by atoms with E-state index in [1.807, 2.05) is 0 Å². The third-order valence-electron chi connectivity index (χ3n) is 2.86. The molecule has 8 heteroatoms. The van der Waals surface area contributed by atoms with Gasteiger partial charge in [0, 0.05) is 14.0 Å². The highest BCUT2D eigenvalue weighted by Crippen LogP contribution is 2.25. The van der Waals surface area contributed by atoms with Gasteiger partial charge >= 0.3 is 0 Å². The number of hydrogen-bond donors (Lipinski definition) is 2. The van der Waals surface area contributed by atoms with Gasteiger partial charge in [0.2, 0.25) is 0 Å². The van der Waals surface area contributed by atoms with E-state index in [-0.39, 0.29) is 13.8 Å². The number of pyridine rings is 1. The smallest absolute Gasteiger partial charge is 0.157 e. The van der Waals surface area contributed by atoms with Crippen molar-refractivity contribution in [1.29, 1.82) is 0 Å². The third-order valence-corrected chi connectivity index (χ3v) is 3.88. The molecule has 0 aliphatic rings. The highest BCUT2D eigenvalue weighted by atomic mass is 32.1. The number of rotatable bonds is 5. The molecule has 3 aromatic rings. The van der Waals surface area contributed by atoms with Gasteiger partial charge in [0.15, 0.2) is 5.82 Å². The van der Waals surface area contributed by atoms with Gasteiger partial charge in [0.05, 0.1) is 17.2 Å². The second kappa shape index (κ2) is 6.06. The van der Waals surface area contributed by atoms with E-state index in [0.29, 0.717) is 30.0 Å². The van der Waals surface area contributed by atoms with Gasteiger partial charge in [-0.05, 0) is 18.7 Å². The van der Waals surface area contributed by atoms with Crippen molar-refractivity contribution < 1.29 is 5.82 Å².